The molecule has 0 unspecified atom stereocenters. The van der Waals surface area contributed by atoms with Gasteiger partial charge in [-0.05, 0) is 29.5 Å². The molecule has 3 aromatic carbocycles. The van der Waals surface area contributed by atoms with Crippen LogP contribution in [0.5, 0.6) is 0 Å². The zero-order valence-corrected chi connectivity index (χ0v) is 31.0. The molecule has 0 spiro atoms. The number of hydrogen-bond acceptors (Lipinski definition) is 13. The number of fused-ring (bicyclic) bond motifs is 1. The molecule has 296 valence electrons. The molecule has 3 fully saturated rings. The topological polar surface area (TPSA) is 172 Å². The summed E-state index contributed by atoms with van der Waals surface area (Å²) in [6.07, 6.45) is -2.69. The van der Waals surface area contributed by atoms with E-state index in [4.69, 9.17) is 28.4 Å². The average Bonchev–Trinajstić information content (AvgIpc) is 3.98. The Kier molecular flexibility index (Phi) is 12.6. The number of ether oxygens (including phenoxy) is 6. The van der Waals surface area contributed by atoms with E-state index in [1.54, 1.807) is 10.9 Å². The number of aliphatic hydroxyl groups excluding tert-OH is 3. The molecule has 56 heavy (non-hydrogen) atoms. The molecule has 0 bridgehead atoms. The fraction of sp³-hybridized carbons (Fsp3) is 0.452. The zero-order chi connectivity index (χ0) is 38.3. The minimum atomic E-state index is -1.41. The molecule has 1 aliphatic carbocycles. The van der Waals surface area contributed by atoms with Gasteiger partial charge in [0.15, 0.2) is 29.5 Å². The Balaban J connectivity index is 1.05. The minimum absolute atomic E-state index is 0.0354. The zero-order valence-electron chi connectivity index (χ0n) is 31.0. The molecular weight excluding hydrogens is 718 g/mol. The molecule has 2 saturated heterocycles. The van der Waals surface area contributed by atoms with Gasteiger partial charge in [-0.3, -0.25) is 4.57 Å². The molecule has 0 amide bonds. The predicted molar refractivity (Wildman–Crippen MR) is 204 cm³/mol. The van der Waals surface area contributed by atoms with Crippen LogP contribution in [0.1, 0.15) is 48.6 Å². The number of nitrogens with zero attached hydrogens (tertiary/aromatic N) is 4. The highest BCUT2D eigenvalue weighted by Gasteiger charge is 2.52. The molecule has 2 aromatic heterocycles. The first kappa shape index (κ1) is 38.5. The van der Waals surface area contributed by atoms with Crippen LogP contribution in [0.15, 0.2) is 104 Å². The van der Waals surface area contributed by atoms with E-state index < -0.39 is 55.2 Å². The monoisotopic (exact) mass is 767 g/mol. The van der Waals surface area contributed by atoms with Gasteiger partial charge in [0.1, 0.15) is 49.1 Å². The molecule has 9 atom stereocenters. The maximum absolute atomic E-state index is 12.1. The third-order valence-electron chi connectivity index (χ3n) is 10.6. The predicted octanol–water partition coefficient (Wildman–Crippen LogP) is 4.29. The maximum atomic E-state index is 12.1. The van der Waals surface area contributed by atoms with Crippen LogP contribution in [0, 0.1) is 0 Å². The Morgan fingerprint density at radius 1 is 0.661 bits per heavy atom. The van der Waals surface area contributed by atoms with Crippen molar-refractivity contribution in [3.8, 4) is 0 Å². The standard InChI is InChI=1S/C42H49N5O9/c48-34-31(23-51-20-27-12-4-1-5-13-27)55-42(38(35(34)49)53-22-29-16-8-3-9-17-29)56-37-32(24-52-21-28-14-6-2-7-15-28)54-41(36(37)50)47-26-45-33-39(43-25-44-40(33)47)46-30-18-10-11-19-30/h1-9,12-17,25-26,30-32,34-38,41-42,48-50H,10-11,18-24H2,(H,43,44,46)/t31-,32-,34-,35+,36-,37-,38-,41-,42-/m1/s1. The lowest BCUT2D eigenvalue weighted by atomic mass is 9.98. The Morgan fingerprint density at radius 3 is 1.91 bits per heavy atom. The first-order valence-corrected chi connectivity index (χ1v) is 19.4. The number of imidazole rings is 1. The van der Waals surface area contributed by atoms with Crippen LogP contribution in [0.25, 0.3) is 11.2 Å². The summed E-state index contributed by atoms with van der Waals surface area (Å²) >= 11 is 0. The summed E-state index contributed by atoms with van der Waals surface area (Å²) in [6, 6.07) is 29.2. The summed E-state index contributed by atoms with van der Waals surface area (Å²) in [5.41, 5.74) is 3.83. The van der Waals surface area contributed by atoms with Crippen LogP contribution in [0.2, 0.25) is 0 Å². The molecule has 8 rings (SSSR count). The lowest BCUT2D eigenvalue weighted by molar-refractivity contribution is -0.329. The van der Waals surface area contributed by atoms with Crippen molar-refractivity contribution in [2.24, 2.45) is 0 Å². The maximum Gasteiger partial charge on any atom is 0.187 e. The Labute approximate surface area is 325 Å². The number of aromatic nitrogens is 4. The highest BCUT2D eigenvalue weighted by atomic mass is 16.7. The average molecular weight is 768 g/mol. The molecule has 4 N–H and O–H groups in total. The molecule has 5 aromatic rings. The lowest BCUT2D eigenvalue weighted by Crippen LogP contribution is -2.61. The van der Waals surface area contributed by atoms with Crippen molar-refractivity contribution in [3.05, 3.63) is 120 Å². The van der Waals surface area contributed by atoms with E-state index in [0.29, 0.717) is 29.6 Å². The second-order valence-corrected chi connectivity index (χ2v) is 14.6. The second-order valence-electron chi connectivity index (χ2n) is 14.6. The summed E-state index contributed by atoms with van der Waals surface area (Å²) in [5.74, 6) is 0.630. The molecule has 14 heteroatoms. The van der Waals surface area contributed by atoms with Gasteiger partial charge in [-0.15, -0.1) is 0 Å². The largest absolute Gasteiger partial charge is 0.387 e. The first-order valence-electron chi connectivity index (χ1n) is 19.4. The fourth-order valence-electron chi connectivity index (χ4n) is 7.64. The minimum Gasteiger partial charge on any atom is -0.387 e. The van der Waals surface area contributed by atoms with E-state index in [0.717, 1.165) is 42.4 Å². The molecule has 2 aliphatic heterocycles. The van der Waals surface area contributed by atoms with Crippen LogP contribution in [0.4, 0.5) is 5.82 Å². The quantitative estimate of drug-likeness (QED) is 0.112. The molecule has 14 nitrogen and oxygen atoms in total. The number of benzene rings is 3. The highest BCUT2D eigenvalue weighted by molar-refractivity contribution is 5.82. The number of aliphatic hydroxyl groups is 3. The summed E-state index contributed by atoms with van der Waals surface area (Å²) in [5, 5.41) is 38.4. The van der Waals surface area contributed by atoms with Crippen molar-refractivity contribution in [1.29, 1.82) is 0 Å². The number of nitrogens with one attached hydrogen (secondary N) is 1. The number of anilines is 1. The molecule has 3 aliphatic rings. The summed E-state index contributed by atoms with van der Waals surface area (Å²) in [6.45, 7) is 0.717. The van der Waals surface area contributed by atoms with E-state index >= 15 is 0 Å². The van der Waals surface area contributed by atoms with Gasteiger partial charge in [0.25, 0.3) is 0 Å². The Bertz CT molecular complexity index is 1950. The van der Waals surface area contributed by atoms with E-state index in [-0.39, 0.29) is 26.4 Å². The molecule has 0 radical (unpaired) electrons. The van der Waals surface area contributed by atoms with Crippen molar-refractivity contribution in [3.63, 3.8) is 0 Å². The smallest absolute Gasteiger partial charge is 0.187 e. The Morgan fingerprint density at radius 2 is 1.27 bits per heavy atom. The Hall–Kier alpha value is -4.35. The van der Waals surface area contributed by atoms with Gasteiger partial charge in [0.05, 0.1) is 39.4 Å². The third kappa shape index (κ3) is 8.94. The van der Waals surface area contributed by atoms with Gasteiger partial charge in [0, 0.05) is 6.04 Å². The molecular formula is C42H49N5O9. The van der Waals surface area contributed by atoms with Crippen molar-refractivity contribution in [1.82, 2.24) is 19.5 Å². The van der Waals surface area contributed by atoms with Gasteiger partial charge in [0.2, 0.25) is 0 Å². The van der Waals surface area contributed by atoms with Crippen LogP contribution in [0.3, 0.4) is 0 Å². The molecule has 4 heterocycles. The van der Waals surface area contributed by atoms with Crippen LogP contribution in [-0.4, -0.2) is 103 Å². The second kappa shape index (κ2) is 18.3. The number of rotatable bonds is 16. The van der Waals surface area contributed by atoms with Crippen molar-refractivity contribution < 1.29 is 43.7 Å². The fourth-order valence-corrected chi connectivity index (χ4v) is 7.64. The summed E-state index contributed by atoms with van der Waals surface area (Å²) in [7, 11) is 0. The number of hydrogen-bond donors (Lipinski definition) is 4. The molecule has 1 saturated carbocycles. The lowest BCUT2D eigenvalue weighted by Gasteiger charge is -2.43. The van der Waals surface area contributed by atoms with Crippen LogP contribution < -0.4 is 5.32 Å². The van der Waals surface area contributed by atoms with Crippen LogP contribution in [-0.2, 0) is 48.2 Å². The van der Waals surface area contributed by atoms with E-state index in [1.165, 1.54) is 6.33 Å². The van der Waals surface area contributed by atoms with E-state index in [2.05, 4.69) is 20.3 Å². The van der Waals surface area contributed by atoms with Gasteiger partial charge in [-0.2, -0.15) is 0 Å². The van der Waals surface area contributed by atoms with Gasteiger partial charge in [-0.1, -0.05) is 104 Å². The normalized spacial score (nSPS) is 28.2. The van der Waals surface area contributed by atoms with Gasteiger partial charge < -0.3 is 49.1 Å². The summed E-state index contributed by atoms with van der Waals surface area (Å²) in [4.78, 5) is 13.7. The van der Waals surface area contributed by atoms with E-state index in [1.807, 2.05) is 91.0 Å². The first-order chi connectivity index (χ1) is 27.5. The van der Waals surface area contributed by atoms with Crippen LogP contribution >= 0.6 is 0 Å². The third-order valence-corrected chi connectivity index (χ3v) is 10.6. The highest BCUT2D eigenvalue weighted by Crippen LogP contribution is 2.37. The van der Waals surface area contributed by atoms with Crippen molar-refractivity contribution >= 4 is 17.0 Å². The van der Waals surface area contributed by atoms with Gasteiger partial charge >= 0.3 is 0 Å². The SMILES string of the molecule is O[C@@H]1[C@H](O[C@H]2O[C@H](COCc3ccccc3)[C@@H](O)[C@H](O)[C@H]2OCc2ccccc2)[C@@H](COCc2ccccc2)O[C@H]1n1cnc2c(NC3CCCC3)ncnc21. The van der Waals surface area contributed by atoms with Gasteiger partial charge in [-0.25, -0.2) is 15.0 Å². The summed E-state index contributed by atoms with van der Waals surface area (Å²) < 4.78 is 39.6. The van der Waals surface area contributed by atoms with Crippen molar-refractivity contribution in [2.75, 3.05) is 18.5 Å². The van der Waals surface area contributed by atoms with E-state index in [9.17, 15) is 15.3 Å². The van der Waals surface area contributed by atoms with Crippen molar-refractivity contribution in [2.45, 2.75) is 107 Å².